The number of aromatic nitrogens is 1. The van der Waals surface area contributed by atoms with E-state index >= 15 is 0 Å². The number of likely N-dealkylation sites (tertiary alicyclic amines) is 1. The van der Waals surface area contributed by atoms with E-state index < -0.39 is 0 Å². The molecular weight excluding hydrogens is 398 g/mol. The molecule has 0 radical (unpaired) electrons. The van der Waals surface area contributed by atoms with E-state index in [0.717, 1.165) is 50.8 Å². The Balaban J connectivity index is 1.21. The molecule has 4 rings (SSSR count). The number of nitrogens with zero attached hydrogens (tertiary/aromatic N) is 2. The maximum absolute atomic E-state index is 12.9. The summed E-state index contributed by atoms with van der Waals surface area (Å²) in [7, 11) is 0. The third-order valence-electron chi connectivity index (χ3n) is 7.24. The molecule has 2 aromatic rings. The number of hydrogen-bond donors (Lipinski definition) is 1. The van der Waals surface area contributed by atoms with Gasteiger partial charge in [-0.3, -0.25) is 14.6 Å². The summed E-state index contributed by atoms with van der Waals surface area (Å²) < 4.78 is 0. The second-order valence-electron chi connectivity index (χ2n) is 10.5. The van der Waals surface area contributed by atoms with Crippen LogP contribution in [-0.4, -0.2) is 41.3 Å². The Hall–Kier alpha value is -2.69. The van der Waals surface area contributed by atoms with Crippen molar-refractivity contribution < 1.29 is 9.59 Å². The Morgan fingerprint density at radius 1 is 1.06 bits per heavy atom. The summed E-state index contributed by atoms with van der Waals surface area (Å²) in [5.74, 6) is 0.419. The van der Waals surface area contributed by atoms with Crippen LogP contribution in [0.15, 0.2) is 48.8 Å². The molecule has 5 heteroatoms. The minimum atomic E-state index is 0.0830. The number of amides is 2. The van der Waals surface area contributed by atoms with Crippen molar-refractivity contribution >= 4 is 11.8 Å². The van der Waals surface area contributed by atoms with Gasteiger partial charge < -0.3 is 10.2 Å². The van der Waals surface area contributed by atoms with Gasteiger partial charge in [-0.15, -0.1) is 0 Å². The van der Waals surface area contributed by atoms with Gasteiger partial charge in [0, 0.05) is 43.5 Å². The van der Waals surface area contributed by atoms with Gasteiger partial charge in [-0.2, -0.15) is 0 Å². The zero-order valence-corrected chi connectivity index (χ0v) is 19.6. The summed E-state index contributed by atoms with van der Waals surface area (Å²) in [5, 5.41) is 3.13. The first-order valence-corrected chi connectivity index (χ1v) is 11.8. The largest absolute Gasteiger partial charge is 0.356 e. The molecule has 1 aromatic heterocycles. The van der Waals surface area contributed by atoms with Gasteiger partial charge in [-0.05, 0) is 78.3 Å². The lowest BCUT2D eigenvalue weighted by Gasteiger charge is -2.33. The van der Waals surface area contributed by atoms with E-state index in [1.54, 1.807) is 12.4 Å². The van der Waals surface area contributed by atoms with E-state index in [9.17, 15) is 9.59 Å². The molecule has 1 aliphatic carbocycles. The Kier molecular flexibility index (Phi) is 6.36. The Labute approximate surface area is 191 Å². The molecular formula is C27H35N3O2. The van der Waals surface area contributed by atoms with Gasteiger partial charge in [0.25, 0.3) is 5.91 Å². The zero-order valence-electron chi connectivity index (χ0n) is 19.6. The number of hydrogen-bond acceptors (Lipinski definition) is 3. The molecule has 2 fully saturated rings. The predicted molar refractivity (Wildman–Crippen MR) is 126 cm³/mol. The van der Waals surface area contributed by atoms with Crippen LogP contribution in [0, 0.1) is 11.3 Å². The molecule has 1 spiro atoms. The molecule has 1 saturated heterocycles. The lowest BCUT2D eigenvalue weighted by molar-refractivity contribution is -0.123. The highest BCUT2D eigenvalue weighted by molar-refractivity contribution is 5.94. The number of benzene rings is 1. The Morgan fingerprint density at radius 3 is 2.34 bits per heavy atom. The lowest BCUT2D eigenvalue weighted by Crippen LogP contribution is -2.40. The Morgan fingerprint density at radius 2 is 1.72 bits per heavy atom. The van der Waals surface area contributed by atoms with Gasteiger partial charge in [-0.25, -0.2) is 0 Å². The van der Waals surface area contributed by atoms with Gasteiger partial charge in [-0.1, -0.05) is 32.9 Å². The van der Waals surface area contributed by atoms with Gasteiger partial charge in [0.05, 0.1) is 0 Å². The summed E-state index contributed by atoms with van der Waals surface area (Å²) in [6.45, 7) is 8.73. The van der Waals surface area contributed by atoms with Crippen LogP contribution in [0.2, 0.25) is 0 Å². The third-order valence-corrected chi connectivity index (χ3v) is 7.24. The van der Waals surface area contributed by atoms with Crippen molar-refractivity contribution in [3.63, 3.8) is 0 Å². The SMILES string of the molecule is CC(C)(C)c1ccc(C(=O)N2CCC3(CC2)C[C@H]3C(=O)NCCCc2ccncc2)cc1. The standard InChI is InChI=1S/C27H35N3O2/c1-26(2,3)22-8-6-21(7-9-22)25(32)30-17-12-27(13-18-30)19-23(27)24(31)29-14-4-5-20-10-15-28-16-11-20/h6-11,15-16,23H,4-5,12-14,17-19H2,1-3H3,(H,29,31)/t23-/m0/s1. The third kappa shape index (κ3) is 5.03. The smallest absolute Gasteiger partial charge is 0.253 e. The van der Waals surface area contributed by atoms with Crippen molar-refractivity contribution in [1.29, 1.82) is 0 Å². The minimum Gasteiger partial charge on any atom is -0.356 e. The lowest BCUT2D eigenvalue weighted by atomic mass is 9.86. The molecule has 1 aliphatic heterocycles. The van der Waals surface area contributed by atoms with E-state index in [1.165, 1.54) is 11.1 Å². The van der Waals surface area contributed by atoms with Crippen molar-refractivity contribution in [1.82, 2.24) is 15.2 Å². The first kappa shape index (κ1) is 22.5. The normalized spacial score (nSPS) is 19.6. The van der Waals surface area contributed by atoms with Crippen LogP contribution in [0.25, 0.3) is 0 Å². The van der Waals surface area contributed by atoms with Crippen LogP contribution in [0.1, 0.15) is 67.9 Å². The van der Waals surface area contributed by atoms with Crippen LogP contribution < -0.4 is 5.32 Å². The van der Waals surface area contributed by atoms with Gasteiger partial charge in [0.15, 0.2) is 0 Å². The molecule has 5 nitrogen and oxygen atoms in total. The van der Waals surface area contributed by atoms with Crippen LogP contribution in [0.5, 0.6) is 0 Å². The highest BCUT2D eigenvalue weighted by atomic mass is 16.2. The molecule has 170 valence electrons. The predicted octanol–water partition coefficient (Wildman–Crippen LogP) is 4.37. The van der Waals surface area contributed by atoms with Crippen molar-refractivity contribution in [2.45, 2.75) is 58.3 Å². The summed E-state index contributed by atoms with van der Waals surface area (Å²) in [6.07, 6.45) is 8.31. The number of pyridine rings is 1. The average molecular weight is 434 g/mol. The van der Waals surface area contributed by atoms with Crippen LogP contribution >= 0.6 is 0 Å². The highest BCUT2D eigenvalue weighted by Crippen LogP contribution is 2.59. The fourth-order valence-electron chi connectivity index (χ4n) is 4.90. The molecule has 1 aromatic carbocycles. The number of carbonyl (C=O) groups excluding carboxylic acids is 2. The molecule has 1 saturated carbocycles. The molecule has 2 aliphatic rings. The topological polar surface area (TPSA) is 62.3 Å². The molecule has 32 heavy (non-hydrogen) atoms. The highest BCUT2D eigenvalue weighted by Gasteiger charge is 2.58. The van der Waals surface area contributed by atoms with Crippen LogP contribution in [0.3, 0.4) is 0 Å². The molecule has 1 atom stereocenters. The maximum Gasteiger partial charge on any atom is 0.253 e. The molecule has 0 unspecified atom stereocenters. The van der Waals surface area contributed by atoms with Gasteiger partial charge >= 0.3 is 0 Å². The molecule has 0 bridgehead atoms. The van der Waals surface area contributed by atoms with E-state index in [0.29, 0.717) is 6.54 Å². The summed E-state index contributed by atoms with van der Waals surface area (Å²) >= 11 is 0. The average Bonchev–Trinajstić information content (AvgIpc) is 3.50. The molecule has 2 heterocycles. The summed E-state index contributed by atoms with van der Waals surface area (Å²) in [5.41, 5.74) is 3.44. The number of piperidine rings is 1. The molecule has 1 N–H and O–H groups in total. The van der Waals surface area contributed by atoms with Gasteiger partial charge in [0.2, 0.25) is 5.91 Å². The minimum absolute atomic E-state index is 0.0830. The number of nitrogens with one attached hydrogen (secondary N) is 1. The second-order valence-corrected chi connectivity index (χ2v) is 10.5. The fraction of sp³-hybridized carbons (Fsp3) is 0.519. The molecule has 2 amide bonds. The van der Waals surface area contributed by atoms with E-state index in [2.05, 4.69) is 43.2 Å². The maximum atomic E-state index is 12.9. The van der Waals surface area contributed by atoms with Crippen molar-refractivity contribution in [2.24, 2.45) is 11.3 Å². The monoisotopic (exact) mass is 433 g/mol. The summed E-state index contributed by atoms with van der Waals surface area (Å²) in [4.78, 5) is 31.6. The van der Waals surface area contributed by atoms with Crippen molar-refractivity contribution in [3.8, 4) is 0 Å². The van der Waals surface area contributed by atoms with E-state index in [1.807, 2.05) is 29.2 Å². The van der Waals surface area contributed by atoms with Crippen LogP contribution in [0.4, 0.5) is 0 Å². The van der Waals surface area contributed by atoms with Crippen molar-refractivity contribution in [3.05, 3.63) is 65.5 Å². The summed E-state index contributed by atoms with van der Waals surface area (Å²) in [6, 6.07) is 12.1. The fourth-order valence-corrected chi connectivity index (χ4v) is 4.90. The number of carbonyl (C=O) groups is 2. The first-order valence-electron chi connectivity index (χ1n) is 11.8. The number of rotatable bonds is 6. The van der Waals surface area contributed by atoms with Crippen molar-refractivity contribution in [2.75, 3.05) is 19.6 Å². The zero-order chi connectivity index (χ0) is 22.8. The Bertz CT molecular complexity index is 939. The quantitative estimate of drug-likeness (QED) is 0.688. The second kappa shape index (κ2) is 9.05. The first-order chi connectivity index (χ1) is 15.3. The van der Waals surface area contributed by atoms with E-state index in [4.69, 9.17) is 0 Å². The van der Waals surface area contributed by atoms with E-state index in [-0.39, 0.29) is 28.6 Å². The van der Waals surface area contributed by atoms with Gasteiger partial charge in [0.1, 0.15) is 0 Å². The van der Waals surface area contributed by atoms with Crippen LogP contribution in [-0.2, 0) is 16.6 Å². The number of aryl methyl sites for hydroxylation is 1.